The number of carbonyl (C=O) groups excluding carboxylic acids is 1. The van der Waals surface area contributed by atoms with Crippen molar-refractivity contribution < 1.29 is 17.9 Å². The Morgan fingerprint density at radius 1 is 1.07 bits per heavy atom. The molecule has 0 atom stereocenters. The monoisotopic (exact) mass is 470 g/mol. The van der Waals surface area contributed by atoms with E-state index in [1.165, 1.54) is 16.4 Å². The number of ether oxygens (including phenoxy) is 1. The molecule has 2 aromatic rings. The molecule has 1 aliphatic rings. The normalized spacial score (nSPS) is 15.0. The van der Waals surface area contributed by atoms with Crippen molar-refractivity contribution in [2.24, 2.45) is 0 Å². The summed E-state index contributed by atoms with van der Waals surface area (Å²) >= 11 is 11.9. The molecule has 162 valence electrons. The van der Waals surface area contributed by atoms with Crippen LogP contribution >= 0.6 is 23.2 Å². The molecule has 30 heavy (non-hydrogen) atoms. The summed E-state index contributed by atoms with van der Waals surface area (Å²) in [6.45, 7) is 3.22. The average molecular weight is 471 g/mol. The van der Waals surface area contributed by atoms with Gasteiger partial charge in [0.2, 0.25) is 15.9 Å². The van der Waals surface area contributed by atoms with E-state index in [1.54, 1.807) is 24.3 Å². The number of hydrogen-bond donors (Lipinski definition) is 1. The van der Waals surface area contributed by atoms with Crippen molar-refractivity contribution in [2.75, 3.05) is 25.0 Å². The molecule has 0 aromatic heterocycles. The summed E-state index contributed by atoms with van der Waals surface area (Å²) in [5.41, 5.74) is 1.01. The molecule has 0 aliphatic carbocycles. The predicted molar refractivity (Wildman–Crippen MR) is 119 cm³/mol. The van der Waals surface area contributed by atoms with Crippen molar-refractivity contribution in [3.63, 3.8) is 0 Å². The number of anilines is 1. The highest BCUT2D eigenvalue weighted by atomic mass is 35.5. The van der Waals surface area contributed by atoms with Crippen molar-refractivity contribution in [3.05, 3.63) is 52.0 Å². The zero-order valence-electron chi connectivity index (χ0n) is 16.7. The minimum Gasteiger partial charge on any atom is -0.492 e. The van der Waals surface area contributed by atoms with Crippen LogP contribution in [0.3, 0.4) is 0 Å². The average Bonchev–Trinajstić information content (AvgIpc) is 2.72. The maximum Gasteiger partial charge on any atom is 0.243 e. The number of amides is 1. The summed E-state index contributed by atoms with van der Waals surface area (Å²) < 4.78 is 33.1. The summed E-state index contributed by atoms with van der Waals surface area (Å²) in [5.74, 6) is 0.0967. The van der Waals surface area contributed by atoms with Gasteiger partial charge in [-0.2, -0.15) is 4.31 Å². The Morgan fingerprint density at radius 2 is 1.80 bits per heavy atom. The van der Waals surface area contributed by atoms with E-state index in [0.717, 1.165) is 19.3 Å². The molecule has 1 N–H and O–H groups in total. The first kappa shape index (κ1) is 22.9. The Labute approximate surface area is 187 Å². The van der Waals surface area contributed by atoms with Crippen LogP contribution in [0.2, 0.25) is 10.0 Å². The molecule has 2 aromatic carbocycles. The van der Waals surface area contributed by atoms with Crippen LogP contribution in [0.15, 0.2) is 41.3 Å². The molecule has 1 heterocycles. The third-order valence-electron chi connectivity index (χ3n) is 4.83. The van der Waals surface area contributed by atoms with Crippen molar-refractivity contribution in [2.45, 2.75) is 37.5 Å². The second kappa shape index (κ2) is 10.0. The lowest BCUT2D eigenvalue weighted by Crippen LogP contribution is -2.35. The van der Waals surface area contributed by atoms with E-state index < -0.39 is 10.0 Å². The number of hydrogen-bond acceptors (Lipinski definition) is 4. The highest BCUT2D eigenvalue weighted by molar-refractivity contribution is 7.89. The van der Waals surface area contributed by atoms with Crippen LogP contribution in [0.4, 0.5) is 5.69 Å². The Kier molecular flexibility index (Phi) is 7.63. The molecule has 3 rings (SSSR count). The van der Waals surface area contributed by atoms with Gasteiger partial charge in [0.15, 0.2) is 0 Å². The van der Waals surface area contributed by atoms with Gasteiger partial charge in [-0.15, -0.1) is 0 Å². The topological polar surface area (TPSA) is 75.7 Å². The smallest absolute Gasteiger partial charge is 0.243 e. The van der Waals surface area contributed by atoms with E-state index in [-0.39, 0.29) is 17.2 Å². The second-order valence-corrected chi connectivity index (χ2v) is 9.78. The van der Waals surface area contributed by atoms with Gasteiger partial charge < -0.3 is 10.1 Å². The Hall–Kier alpha value is -1.80. The van der Waals surface area contributed by atoms with Crippen LogP contribution in [0.25, 0.3) is 0 Å². The van der Waals surface area contributed by atoms with Crippen LogP contribution in [0.1, 0.15) is 31.7 Å². The summed E-state index contributed by atoms with van der Waals surface area (Å²) in [5, 5.41) is 3.55. The first-order valence-electron chi connectivity index (χ1n) is 9.82. The van der Waals surface area contributed by atoms with Gasteiger partial charge in [-0.25, -0.2) is 8.42 Å². The van der Waals surface area contributed by atoms with E-state index >= 15 is 0 Å². The first-order chi connectivity index (χ1) is 14.3. The lowest BCUT2D eigenvalue weighted by atomic mass is 10.1. The van der Waals surface area contributed by atoms with Crippen LogP contribution in [0, 0.1) is 0 Å². The standard InChI is InChI=1S/C21H24Cl2N2O4S/c1-2-29-20-9-7-16(30(27,28)25-10-4-3-5-11-25)14-19(20)24-21(26)13-15-6-8-17(22)18(23)12-15/h6-9,12,14H,2-5,10-11,13H2,1H3,(H,24,26). The van der Waals surface area contributed by atoms with Gasteiger partial charge in [-0.3, -0.25) is 4.79 Å². The van der Waals surface area contributed by atoms with Crippen LogP contribution in [-0.4, -0.2) is 38.3 Å². The molecule has 0 radical (unpaired) electrons. The first-order valence-corrected chi connectivity index (χ1v) is 12.0. The zero-order valence-corrected chi connectivity index (χ0v) is 19.0. The van der Waals surface area contributed by atoms with Gasteiger partial charge in [0.1, 0.15) is 5.75 Å². The highest BCUT2D eigenvalue weighted by Gasteiger charge is 2.27. The quantitative estimate of drug-likeness (QED) is 0.633. The number of nitrogens with zero attached hydrogens (tertiary/aromatic N) is 1. The molecule has 0 saturated carbocycles. The number of carbonyl (C=O) groups is 1. The predicted octanol–water partition coefficient (Wildman–Crippen LogP) is 4.75. The zero-order chi connectivity index (χ0) is 21.7. The van der Waals surface area contributed by atoms with E-state index in [4.69, 9.17) is 27.9 Å². The Morgan fingerprint density at radius 3 is 2.47 bits per heavy atom. The third-order valence-corrected chi connectivity index (χ3v) is 7.46. The lowest BCUT2D eigenvalue weighted by Gasteiger charge is -2.26. The molecular formula is C21H24Cl2N2O4S. The van der Waals surface area contributed by atoms with Crippen LogP contribution in [0.5, 0.6) is 5.75 Å². The molecule has 1 fully saturated rings. The van der Waals surface area contributed by atoms with Crippen LogP contribution in [-0.2, 0) is 21.2 Å². The minimum atomic E-state index is -3.63. The van der Waals surface area contributed by atoms with E-state index in [2.05, 4.69) is 5.32 Å². The summed E-state index contributed by atoms with van der Waals surface area (Å²) in [4.78, 5) is 12.7. The molecule has 6 nitrogen and oxygen atoms in total. The molecule has 1 amide bonds. The lowest BCUT2D eigenvalue weighted by molar-refractivity contribution is -0.115. The van der Waals surface area contributed by atoms with Gasteiger partial charge in [0, 0.05) is 13.1 Å². The van der Waals surface area contributed by atoms with E-state index in [9.17, 15) is 13.2 Å². The Balaban J connectivity index is 1.83. The highest BCUT2D eigenvalue weighted by Crippen LogP contribution is 2.30. The van der Waals surface area contributed by atoms with Gasteiger partial charge in [-0.1, -0.05) is 35.7 Å². The number of halogens is 2. The fourth-order valence-corrected chi connectivity index (χ4v) is 5.20. The number of sulfonamides is 1. The third kappa shape index (κ3) is 5.46. The summed E-state index contributed by atoms with van der Waals surface area (Å²) in [6.07, 6.45) is 2.80. The number of nitrogens with one attached hydrogen (secondary N) is 1. The fourth-order valence-electron chi connectivity index (χ4n) is 3.33. The van der Waals surface area contributed by atoms with Crippen LogP contribution < -0.4 is 10.1 Å². The molecule has 0 spiro atoms. The maximum atomic E-state index is 13.0. The fraction of sp³-hybridized carbons (Fsp3) is 0.381. The molecule has 9 heteroatoms. The van der Waals surface area contributed by atoms with Gasteiger partial charge in [0.25, 0.3) is 0 Å². The summed E-state index contributed by atoms with van der Waals surface area (Å²) in [6, 6.07) is 9.53. The number of benzene rings is 2. The molecule has 1 aliphatic heterocycles. The van der Waals surface area contributed by atoms with Crippen molar-refractivity contribution in [3.8, 4) is 5.75 Å². The molecule has 0 unspecified atom stereocenters. The summed E-state index contributed by atoms with van der Waals surface area (Å²) in [7, 11) is -3.63. The maximum absolute atomic E-state index is 13.0. The van der Waals surface area contributed by atoms with Gasteiger partial charge >= 0.3 is 0 Å². The SMILES string of the molecule is CCOc1ccc(S(=O)(=O)N2CCCCC2)cc1NC(=O)Cc1ccc(Cl)c(Cl)c1. The molecule has 1 saturated heterocycles. The second-order valence-electron chi connectivity index (χ2n) is 7.03. The van der Waals surface area contributed by atoms with Gasteiger partial charge in [-0.05, 0) is 55.7 Å². The van der Waals surface area contributed by atoms with Crippen molar-refractivity contribution in [1.29, 1.82) is 0 Å². The van der Waals surface area contributed by atoms with Gasteiger partial charge in [0.05, 0.1) is 33.7 Å². The molecular weight excluding hydrogens is 447 g/mol. The largest absolute Gasteiger partial charge is 0.492 e. The van der Waals surface area contributed by atoms with E-state index in [1.807, 2.05) is 6.92 Å². The Bertz CT molecular complexity index is 1020. The number of piperidine rings is 1. The number of rotatable bonds is 7. The minimum absolute atomic E-state index is 0.0611. The van der Waals surface area contributed by atoms with Crippen molar-refractivity contribution >= 4 is 44.8 Å². The van der Waals surface area contributed by atoms with E-state index in [0.29, 0.717) is 46.7 Å². The molecule has 0 bridgehead atoms. The van der Waals surface area contributed by atoms with Crippen molar-refractivity contribution in [1.82, 2.24) is 4.31 Å².